The van der Waals surface area contributed by atoms with Crippen LogP contribution >= 0.6 is 11.8 Å². The minimum atomic E-state index is -4.11. The van der Waals surface area contributed by atoms with Crippen molar-refractivity contribution in [2.24, 2.45) is 0 Å². The fourth-order valence-corrected chi connectivity index (χ4v) is 4.21. The fourth-order valence-electron chi connectivity index (χ4n) is 3.66. The minimum Gasteiger partial charge on any atom is -0.308 e. The molecule has 1 N–H and O–H groups in total. The van der Waals surface area contributed by atoms with Gasteiger partial charge in [-0.2, -0.15) is 13.2 Å². The summed E-state index contributed by atoms with van der Waals surface area (Å²) in [6.45, 7) is 6.67. The lowest BCUT2D eigenvalue weighted by Crippen LogP contribution is -2.69. The average Bonchev–Trinajstić information content (AvgIpc) is 2.43. The molecular formula is C15H27F3N2S. The topological polar surface area (TPSA) is 15.3 Å². The van der Waals surface area contributed by atoms with Crippen LogP contribution in [0.5, 0.6) is 0 Å². The number of halogens is 3. The van der Waals surface area contributed by atoms with E-state index in [0.29, 0.717) is 6.54 Å². The lowest BCUT2D eigenvalue weighted by Gasteiger charge is -2.55. The standard InChI is InChI=1S/C15H27F3N2S/c1-3-13(2)12-20(9-10-21-15(16,17)18)14(11-19-13)7-5-4-6-8-14/h19H,3-12H2,1-2H3. The molecule has 0 amide bonds. The van der Waals surface area contributed by atoms with E-state index >= 15 is 0 Å². The summed E-state index contributed by atoms with van der Waals surface area (Å²) < 4.78 is 37.2. The van der Waals surface area contributed by atoms with Gasteiger partial charge in [-0.05, 0) is 37.9 Å². The summed E-state index contributed by atoms with van der Waals surface area (Å²) in [7, 11) is 0. The highest BCUT2D eigenvalue weighted by atomic mass is 32.2. The minimum absolute atomic E-state index is 0.0333. The van der Waals surface area contributed by atoms with Gasteiger partial charge >= 0.3 is 5.51 Å². The van der Waals surface area contributed by atoms with E-state index in [1.54, 1.807) is 0 Å². The molecular weight excluding hydrogens is 297 g/mol. The third kappa shape index (κ3) is 4.52. The molecule has 1 unspecified atom stereocenters. The van der Waals surface area contributed by atoms with Crippen LogP contribution in [0.25, 0.3) is 0 Å². The molecule has 1 atom stereocenters. The summed E-state index contributed by atoms with van der Waals surface area (Å²) in [6, 6.07) is 0. The molecule has 124 valence electrons. The van der Waals surface area contributed by atoms with Crippen LogP contribution in [0.3, 0.4) is 0 Å². The van der Waals surface area contributed by atoms with E-state index in [1.165, 1.54) is 19.3 Å². The molecule has 0 bridgehead atoms. The SMILES string of the molecule is CCC1(C)CN(CCSC(F)(F)F)C2(CCCCC2)CN1. The summed E-state index contributed by atoms with van der Waals surface area (Å²) in [5.74, 6) is 0.144. The first-order chi connectivity index (χ1) is 9.79. The van der Waals surface area contributed by atoms with Crippen molar-refractivity contribution < 1.29 is 13.2 Å². The van der Waals surface area contributed by atoms with Crippen molar-refractivity contribution in [1.82, 2.24) is 10.2 Å². The molecule has 1 heterocycles. The Morgan fingerprint density at radius 2 is 1.86 bits per heavy atom. The molecule has 2 rings (SSSR count). The molecule has 1 aliphatic carbocycles. The number of thioether (sulfide) groups is 1. The Morgan fingerprint density at radius 3 is 2.43 bits per heavy atom. The zero-order chi connectivity index (χ0) is 15.6. The Bertz CT molecular complexity index is 342. The van der Waals surface area contributed by atoms with Crippen molar-refractivity contribution in [1.29, 1.82) is 0 Å². The number of hydrogen-bond acceptors (Lipinski definition) is 3. The highest BCUT2D eigenvalue weighted by molar-refractivity contribution is 8.00. The first-order valence-electron chi connectivity index (χ1n) is 7.99. The summed E-state index contributed by atoms with van der Waals surface area (Å²) in [5.41, 5.74) is -3.98. The lowest BCUT2D eigenvalue weighted by atomic mass is 9.76. The first kappa shape index (κ1) is 17.4. The quantitative estimate of drug-likeness (QED) is 0.841. The van der Waals surface area contributed by atoms with E-state index in [-0.39, 0.29) is 28.6 Å². The van der Waals surface area contributed by atoms with Gasteiger partial charge in [0, 0.05) is 36.5 Å². The van der Waals surface area contributed by atoms with Gasteiger partial charge in [0.25, 0.3) is 0 Å². The van der Waals surface area contributed by atoms with E-state index in [9.17, 15) is 13.2 Å². The van der Waals surface area contributed by atoms with Crippen molar-refractivity contribution in [3.63, 3.8) is 0 Å². The molecule has 0 aromatic heterocycles. The van der Waals surface area contributed by atoms with Gasteiger partial charge in [0.2, 0.25) is 0 Å². The number of rotatable bonds is 4. The van der Waals surface area contributed by atoms with E-state index in [2.05, 4.69) is 24.1 Å². The lowest BCUT2D eigenvalue weighted by molar-refractivity contribution is -0.0341. The predicted molar refractivity (Wildman–Crippen MR) is 82.6 cm³/mol. The Kier molecular flexibility index (Phi) is 5.53. The molecule has 1 saturated carbocycles. The summed E-state index contributed by atoms with van der Waals surface area (Å²) in [4.78, 5) is 2.37. The van der Waals surface area contributed by atoms with Gasteiger partial charge in [0.05, 0.1) is 0 Å². The van der Waals surface area contributed by atoms with Gasteiger partial charge in [-0.25, -0.2) is 0 Å². The second-order valence-corrected chi connectivity index (χ2v) is 7.93. The average molecular weight is 324 g/mol. The van der Waals surface area contributed by atoms with Gasteiger partial charge in [-0.1, -0.05) is 26.2 Å². The molecule has 0 radical (unpaired) electrons. The normalized spacial score (nSPS) is 30.7. The fraction of sp³-hybridized carbons (Fsp3) is 1.00. The summed E-state index contributed by atoms with van der Waals surface area (Å²) in [6.07, 6.45) is 6.91. The maximum Gasteiger partial charge on any atom is 0.441 e. The number of hydrogen-bond donors (Lipinski definition) is 1. The molecule has 21 heavy (non-hydrogen) atoms. The molecule has 1 aliphatic heterocycles. The molecule has 1 saturated heterocycles. The maximum absolute atomic E-state index is 12.4. The summed E-state index contributed by atoms with van der Waals surface area (Å²) >= 11 is 0.120. The van der Waals surface area contributed by atoms with Crippen molar-refractivity contribution in [2.75, 3.05) is 25.4 Å². The zero-order valence-corrected chi connectivity index (χ0v) is 13.9. The van der Waals surface area contributed by atoms with Gasteiger partial charge in [0.1, 0.15) is 0 Å². The van der Waals surface area contributed by atoms with Crippen LogP contribution in [0, 0.1) is 0 Å². The van der Waals surface area contributed by atoms with Crippen LogP contribution in [-0.2, 0) is 0 Å². The molecule has 0 aromatic rings. The van der Waals surface area contributed by atoms with Gasteiger partial charge in [-0.15, -0.1) is 0 Å². The van der Waals surface area contributed by atoms with E-state index in [4.69, 9.17) is 0 Å². The Hall–Kier alpha value is 0.0600. The third-order valence-electron chi connectivity index (χ3n) is 5.25. The Morgan fingerprint density at radius 1 is 1.19 bits per heavy atom. The van der Waals surface area contributed by atoms with Crippen molar-refractivity contribution >= 4 is 11.8 Å². The largest absolute Gasteiger partial charge is 0.441 e. The van der Waals surface area contributed by atoms with Gasteiger partial charge < -0.3 is 5.32 Å². The van der Waals surface area contributed by atoms with E-state index < -0.39 is 5.51 Å². The van der Waals surface area contributed by atoms with Crippen LogP contribution in [0.1, 0.15) is 52.4 Å². The molecule has 2 aliphatic rings. The highest BCUT2D eigenvalue weighted by Crippen LogP contribution is 2.38. The number of piperazine rings is 1. The van der Waals surface area contributed by atoms with Crippen LogP contribution in [0.15, 0.2) is 0 Å². The first-order valence-corrected chi connectivity index (χ1v) is 8.98. The van der Waals surface area contributed by atoms with Crippen LogP contribution < -0.4 is 5.32 Å². The third-order valence-corrected chi connectivity index (χ3v) is 5.96. The zero-order valence-electron chi connectivity index (χ0n) is 13.1. The number of nitrogens with one attached hydrogen (secondary N) is 1. The second-order valence-electron chi connectivity index (χ2n) is 6.77. The van der Waals surface area contributed by atoms with Crippen LogP contribution in [-0.4, -0.2) is 46.9 Å². The van der Waals surface area contributed by atoms with Crippen molar-refractivity contribution in [2.45, 2.75) is 69.0 Å². The van der Waals surface area contributed by atoms with Crippen molar-refractivity contribution in [3.05, 3.63) is 0 Å². The maximum atomic E-state index is 12.4. The van der Waals surface area contributed by atoms with Gasteiger partial charge in [0.15, 0.2) is 0 Å². The Labute approximate surface area is 130 Å². The monoisotopic (exact) mass is 324 g/mol. The molecule has 2 fully saturated rings. The molecule has 1 spiro atoms. The number of alkyl halides is 3. The van der Waals surface area contributed by atoms with E-state index in [1.807, 2.05) is 0 Å². The molecule has 0 aromatic carbocycles. The summed E-state index contributed by atoms with van der Waals surface area (Å²) in [5, 5.41) is 3.67. The second kappa shape index (κ2) is 6.67. The van der Waals surface area contributed by atoms with E-state index in [0.717, 1.165) is 32.4 Å². The highest BCUT2D eigenvalue weighted by Gasteiger charge is 2.45. The smallest absolute Gasteiger partial charge is 0.308 e. The molecule has 2 nitrogen and oxygen atoms in total. The van der Waals surface area contributed by atoms with Gasteiger partial charge in [-0.3, -0.25) is 4.90 Å². The Balaban J connectivity index is 2.02. The van der Waals surface area contributed by atoms with Crippen LogP contribution in [0.4, 0.5) is 13.2 Å². The molecule has 6 heteroatoms. The van der Waals surface area contributed by atoms with Crippen LogP contribution in [0.2, 0.25) is 0 Å². The number of nitrogens with zero attached hydrogens (tertiary/aromatic N) is 1. The van der Waals surface area contributed by atoms with Crippen molar-refractivity contribution in [3.8, 4) is 0 Å². The predicted octanol–water partition coefficient (Wildman–Crippen LogP) is 4.02.